The lowest BCUT2D eigenvalue weighted by molar-refractivity contribution is -0.135. The van der Waals surface area contributed by atoms with Crippen LogP contribution in [0, 0.1) is 0 Å². The Morgan fingerprint density at radius 3 is 2.70 bits per heavy atom. The van der Waals surface area contributed by atoms with Gasteiger partial charge in [0.05, 0.1) is 5.54 Å². The highest BCUT2D eigenvalue weighted by atomic mass is 16.5. The molecule has 1 heterocycles. The summed E-state index contributed by atoms with van der Waals surface area (Å²) in [5.41, 5.74) is 2.30. The van der Waals surface area contributed by atoms with E-state index in [1.807, 2.05) is 13.8 Å². The number of fused-ring (bicyclic) bond motifs is 1. The number of ether oxygens (including phenoxy) is 1. The van der Waals surface area contributed by atoms with Gasteiger partial charge in [-0.05, 0) is 26.0 Å². The fourth-order valence-electron chi connectivity index (χ4n) is 2.28. The number of amides is 2. The minimum atomic E-state index is -0.594. The molecule has 1 aliphatic rings. The number of carbonyl (C=O) groups is 2. The van der Waals surface area contributed by atoms with Crippen molar-refractivity contribution in [2.75, 3.05) is 6.61 Å². The number of nitrogens with zero attached hydrogens (tertiary/aromatic N) is 1. The van der Waals surface area contributed by atoms with Crippen molar-refractivity contribution in [3.05, 3.63) is 29.3 Å². The maximum absolute atomic E-state index is 11.8. The summed E-state index contributed by atoms with van der Waals surface area (Å²) in [7, 11) is 0. The van der Waals surface area contributed by atoms with Gasteiger partial charge < -0.3 is 9.64 Å². The fraction of sp³-hybridized carbons (Fsp3) is 0.429. The third-order valence-electron chi connectivity index (χ3n) is 3.45. The van der Waals surface area contributed by atoms with Crippen molar-refractivity contribution in [2.24, 2.45) is 0 Å². The van der Waals surface area contributed by atoms with Crippen molar-refractivity contribution in [3.8, 4) is 5.75 Å². The van der Waals surface area contributed by atoms with E-state index in [0.717, 1.165) is 5.56 Å². The van der Waals surface area contributed by atoms with E-state index in [2.05, 4.69) is 0 Å². The molecule has 0 unspecified atom stereocenters. The maximum atomic E-state index is 11.8. The predicted octanol–water partition coefficient (Wildman–Crippen LogP) is 1.33. The number of carbonyl (C=O) groups excluding carboxylic acids is 2. The normalized spacial score (nSPS) is 16.7. The molecule has 1 aliphatic heterocycles. The van der Waals surface area contributed by atoms with E-state index in [-0.39, 0.29) is 5.91 Å². The second kappa shape index (κ2) is 5.13. The number of hydrogen-bond donors (Lipinski definition) is 2. The Hall–Kier alpha value is -2.08. The second-order valence-electron chi connectivity index (χ2n) is 5.47. The quantitative estimate of drug-likeness (QED) is 0.600. The minimum Gasteiger partial charge on any atom is -0.491 e. The molecule has 6 heteroatoms. The summed E-state index contributed by atoms with van der Waals surface area (Å²) in [6, 6.07) is 4.89. The van der Waals surface area contributed by atoms with Crippen LogP contribution in [0.2, 0.25) is 0 Å². The lowest BCUT2D eigenvalue weighted by Crippen LogP contribution is -2.48. The number of nitrogens with one attached hydrogen (secondary N) is 1. The molecular weight excluding hydrogens is 260 g/mol. The summed E-state index contributed by atoms with van der Waals surface area (Å²) in [4.78, 5) is 24.9. The highest BCUT2D eigenvalue weighted by molar-refractivity contribution is 5.93. The molecule has 6 nitrogen and oxygen atoms in total. The Labute approximate surface area is 117 Å². The molecule has 2 amide bonds. The number of hydrogen-bond acceptors (Lipinski definition) is 4. The van der Waals surface area contributed by atoms with Gasteiger partial charge in [0.2, 0.25) is 5.91 Å². The van der Waals surface area contributed by atoms with E-state index in [4.69, 9.17) is 9.94 Å². The zero-order chi connectivity index (χ0) is 14.9. The highest BCUT2D eigenvalue weighted by Crippen LogP contribution is 2.30. The van der Waals surface area contributed by atoms with Crippen LogP contribution < -0.4 is 10.2 Å². The lowest BCUT2D eigenvalue weighted by atomic mass is 10.0. The standard InChI is InChI=1S/C14H18N2O4/c1-9(17)16-7-11-5-4-10(13(18)15-19)6-12(11)20-8-14(16,2)3/h4-6,19H,7-8H2,1-3H3,(H,15,18). The molecule has 2 rings (SSSR count). The first-order valence-electron chi connectivity index (χ1n) is 6.33. The SMILES string of the molecule is CC(=O)N1Cc2ccc(C(=O)NO)cc2OCC1(C)C. The van der Waals surface area contributed by atoms with Crippen LogP contribution in [0.3, 0.4) is 0 Å². The van der Waals surface area contributed by atoms with E-state index in [9.17, 15) is 9.59 Å². The lowest BCUT2D eigenvalue weighted by Gasteiger charge is -2.35. The monoisotopic (exact) mass is 278 g/mol. The van der Waals surface area contributed by atoms with Crippen molar-refractivity contribution in [1.82, 2.24) is 10.4 Å². The first kappa shape index (κ1) is 14.3. The summed E-state index contributed by atoms with van der Waals surface area (Å²) in [5.74, 6) is -0.0603. The van der Waals surface area contributed by atoms with Gasteiger partial charge in [0, 0.05) is 24.6 Å². The molecule has 20 heavy (non-hydrogen) atoms. The second-order valence-corrected chi connectivity index (χ2v) is 5.47. The Morgan fingerprint density at radius 1 is 1.40 bits per heavy atom. The average molecular weight is 278 g/mol. The third-order valence-corrected chi connectivity index (χ3v) is 3.45. The number of benzene rings is 1. The van der Waals surface area contributed by atoms with Crippen molar-refractivity contribution in [3.63, 3.8) is 0 Å². The predicted molar refractivity (Wildman–Crippen MR) is 71.5 cm³/mol. The minimum absolute atomic E-state index is 0.0244. The Balaban J connectivity index is 2.38. The van der Waals surface area contributed by atoms with Crippen LogP contribution in [0.1, 0.15) is 36.7 Å². The molecule has 0 aliphatic carbocycles. The van der Waals surface area contributed by atoms with Crippen molar-refractivity contribution >= 4 is 11.8 Å². The third kappa shape index (κ3) is 2.60. The van der Waals surface area contributed by atoms with Crippen LogP contribution in [0.5, 0.6) is 5.75 Å². The summed E-state index contributed by atoms with van der Waals surface area (Å²) in [6.45, 7) is 6.16. The average Bonchev–Trinajstić information content (AvgIpc) is 2.54. The fourth-order valence-corrected chi connectivity index (χ4v) is 2.28. The largest absolute Gasteiger partial charge is 0.491 e. The van der Waals surface area contributed by atoms with Gasteiger partial charge in [-0.25, -0.2) is 5.48 Å². The van der Waals surface area contributed by atoms with E-state index in [0.29, 0.717) is 24.5 Å². The van der Waals surface area contributed by atoms with Gasteiger partial charge in [-0.3, -0.25) is 14.8 Å². The zero-order valence-corrected chi connectivity index (χ0v) is 11.8. The Kier molecular flexibility index (Phi) is 3.67. The summed E-state index contributed by atoms with van der Waals surface area (Å²) < 4.78 is 5.72. The van der Waals surface area contributed by atoms with Crippen LogP contribution in [0.15, 0.2) is 18.2 Å². The first-order valence-corrected chi connectivity index (χ1v) is 6.33. The maximum Gasteiger partial charge on any atom is 0.274 e. The van der Waals surface area contributed by atoms with E-state index < -0.39 is 11.4 Å². The van der Waals surface area contributed by atoms with Gasteiger partial charge in [-0.2, -0.15) is 0 Å². The Morgan fingerprint density at radius 2 is 2.10 bits per heavy atom. The van der Waals surface area contributed by atoms with Crippen molar-refractivity contribution in [1.29, 1.82) is 0 Å². The Bertz CT molecular complexity index is 554. The number of rotatable bonds is 1. The summed E-state index contributed by atoms with van der Waals surface area (Å²) in [6.07, 6.45) is 0. The highest BCUT2D eigenvalue weighted by Gasteiger charge is 2.33. The van der Waals surface area contributed by atoms with Crippen molar-refractivity contribution in [2.45, 2.75) is 32.9 Å². The van der Waals surface area contributed by atoms with Crippen molar-refractivity contribution < 1.29 is 19.5 Å². The summed E-state index contributed by atoms with van der Waals surface area (Å²) >= 11 is 0. The molecule has 0 saturated carbocycles. The zero-order valence-electron chi connectivity index (χ0n) is 11.8. The van der Waals surface area contributed by atoms with Gasteiger partial charge in [0.1, 0.15) is 12.4 Å². The molecule has 1 aromatic carbocycles. The van der Waals surface area contributed by atoms with E-state index in [1.54, 1.807) is 28.6 Å². The van der Waals surface area contributed by atoms with E-state index in [1.165, 1.54) is 6.92 Å². The molecular formula is C14H18N2O4. The molecule has 0 saturated heterocycles. The van der Waals surface area contributed by atoms with Crippen LogP contribution in [-0.2, 0) is 11.3 Å². The first-order chi connectivity index (χ1) is 9.35. The van der Waals surface area contributed by atoms with Gasteiger partial charge in [-0.1, -0.05) is 6.07 Å². The molecule has 2 N–H and O–H groups in total. The van der Waals surface area contributed by atoms with Crippen LogP contribution in [0.4, 0.5) is 0 Å². The molecule has 0 atom stereocenters. The van der Waals surface area contributed by atoms with Gasteiger partial charge in [-0.15, -0.1) is 0 Å². The van der Waals surface area contributed by atoms with Crippen LogP contribution in [-0.4, -0.2) is 34.1 Å². The van der Waals surface area contributed by atoms with Crippen LogP contribution >= 0.6 is 0 Å². The molecule has 0 radical (unpaired) electrons. The molecule has 1 aromatic rings. The van der Waals surface area contributed by atoms with Gasteiger partial charge in [0.15, 0.2) is 0 Å². The molecule has 108 valence electrons. The van der Waals surface area contributed by atoms with Crippen LogP contribution in [0.25, 0.3) is 0 Å². The smallest absolute Gasteiger partial charge is 0.274 e. The topological polar surface area (TPSA) is 78.9 Å². The molecule has 0 aromatic heterocycles. The molecule has 0 bridgehead atoms. The molecule has 0 fully saturated rings. The summed E-state index contributed by atoms with van der Waals surface area (Å²) in [5, 5.41) is 8.65. The van der Waals surface area contributed by atoms with Gasteiger partial charge in [0.25, 0.3) is 5.91 Å². The van der Waals surface area contributed by atoms with Gasteiger partial charge >= 0.3 is 0 Å². The molecule has 0 spiro atoms. The van der Waals surface area contributed by atoms with E-state index >= 15 is 0 Å². The number of hydroxylamine groups is 1.